The topological polar surface area (TPSA) is 12.0 Å². The van der Waals surface area contributed by atoms with Crippen molar-refractivity contribution in [3.63, 3.8) is 0 Å². The predicted octanol–water partition coefficient (Wildman–Crippen LogP) is 5.73. The largest absolute Gasteiger partial charge is 0.306 e. The minimum Gasteiger partial charge on any atom is -0.306 e. The van der Waals surface area contributed by atoms with E-state index in [9.17, 15) is 0 Å². The average molecular weight is 409 g/mol. The van der Waals surface area contributed by atoms with Crippen LogP contribution >= 0.6 is 54.5 Å². The van der Waals surface area contributed by atoms with Gasteiger partial charge in [-0.1, -0.05) is 6.92 Å². The molecule has 1 nitrogen and oxygen atoms in total. The Kier molecular flexibility index (Phi) is 5.45. The fourth-order valence-electron chi connectivity index (χ4n) is 1.82. The lowest BCUT2D eigenvalue weighted by Gasteiger charge is -2.17. The maximum atomic E-state index is 3.64. The summed E-state index contributed by atoms with van der Waals surface area (Å²) in [7, 11) is 0. The summed E-state index contributed by atoms with van der Waals surface area (Å²) in [5.74, 6) is 0. The van der Waals surface area contributed by atoms with Crippen molar-refractivity contribution in [3.8, 4) is 0 Å². The highest BCUT2D eigenvalue weighted by molar-refractivity contribution is 9.13. The second kappa shape index (κ2) is 6.66. The first kappa shape index (κ1) is 14.7. The normalized spacial score (nSPS) is 12.9. The third kappa shape index (κ3) is 3.25. The number of hydrogen-bond donors (Lipinski definition) is 1. The number of thiophene rings is 2. The molecule has 1 atom stereocenters. The van der Waals surface area contributed by atoms with Crippen molar-refractivity contribution in [3.05, 3.63) is 41.1 Å². The molecule has 0 radical (unpaired) electrons. The van der Waals surface area contributed by atoms with Crippen molar-refractivity contribution in [2.45, 2.75) is 26.3 Å². The molecule has 1 unspecified atom stereocenters. The van der Waals surface area contributed by atoms with E-state index in [1.807, 2.05) is 0 Å². The average Bonchev–Trinajstić information content (AvgIpc) is 2.88. The predicted molar refractivity (Wildman–Crippen MR) is 88.9 cm³/mol. The van der Waals surface area contributed by atoms with Crippen LogP contribution in [-0.4, -0.2) is 6.54 Å². The van der Waals surface area contributed by atoms with Crippen LogP contribution in [0, 0.1) is 6.92 Å². The first-order valence-electron chi connectivity index (χ1n) is 5.84. The third-order valence-corrected chi connectivity index (χ3v) is 6.95. The van der Waals surface area contributed by atoms with E-state index >= 15 is 0 Å². The molecule has 1 N–H and O–H groups in total. The van der Waals surface area contributed by atoms with E-state index in [2.05, 4.69) is 67.9 Å². The van der Waals surface area contributed by atoms with Gasteiger partial charge in [-0.3, -0.25) is 0 Å². The van der Waals surface area contributed by atoms with Gasteiger partial charge in [0, 0.05) is 9.35 Å². The van der Waals surface area contributed by atoms with E-state index in [1.165, 1.54) is 16.0 Å². The molecule has 2 aromatic heterocycles. The van der Waals surface area contributed by atoms with Gasteiger partial charge in [-0.25, -0.2) is 0 Å². The molecular weight excluding hydrogens is 394 g/mol. The maximum absolute atomic E-state index is 3.64. The van der Waals surface area contributed by atoms with Gasteiger partial charge in [0.1, 0.15) is 0 Å². The van der Waals surface area contributed by atoms with Gasteiger partial charge in [0.05, 0.1) is 9.83 Å². The number of nitrogens with one attached hydrogen (secondary N) is 1. The minimum absolute atomic E-state index is 0.309. The van der Waals surface area contributed by atoms with Crippen molar-refractivity contribution in [1.82, 2.24) is 5.32 Å². The van der Waals surface area contributed by atoms with Crippen LogP contribution in [0.3, 0.4) is 0 Å². The van der Waals surface area contributed by atoms with Crippen LogP contribution in [0.1, 0.15) is 35.4 Å². The molecule has 5 heteroatoms. The van der Waals surface area contributed by atoms with Gasteiger partial charge in [-0.05, 0) is 79.7 Å². The SMILES string of the molecule is CCCNC(c1cc(Br)c(Br)s1)c1cscc1C. The Morgan fingerprint density at radius 2 is 2.11 bits per heavy atom. The van der Waals surface area contributed by atoms with Crippen molar-refractivity contribution in [1.29, 1.82) is 0 Å². The standard InChI is InChI=1S/C13H15Br2NS2/c1-3-4-16-12(9-7-17-6-8(9)2)11-5-10(14)13(15)18-11/h5-7,12,16H,3-4H2,1-2H3. The molecule has 0 spiro atoms. The van der Waals surface area contributed by atoms with Gasteiger partial charge in [0.2, 0.25) is 0 Å². The van der Waals surface area contributed by atoms with Crippen molar-refractivity contribution < 1.29 is 0 Å². The van der Waals surface area contributed by atoms with Gasteiger partial charge in [0.25, 0.3) is 0 Å². The molecule has 18 heavy (non-hydrogen) atoms. The molecule has 0 aliphatic heterocycles. The summed E-state index contributed by atoms with van der Waals surface area (Å²) in [5.41, 5.74) is 2.77. The molecule has 2 rings (SSSR count). The summed E-state index contributed by atoms with van der Waals surface area (Å²) in [6, 6.07) is 2.52. The van der Waals surface area contributed by atoms with Gasteiger partial charge in [0.15, 0.2) is 0 Å². The number of halogens is 2. The van der Waals surface area contributed by atoms with E-state index in [0.717, 1.165) is 21.2 Å². The van der Waals surface area contributed by atoms with Gasteiger partial charge >= 0.3 is 0 Å². The second-order valence-electron chi connectivity index (χ2n) is 4.17. The molecule has 0 fully saturated rings. The van der Waals surface area contributed by atoms with E-state index in [0.29, 0.717) is 6.04 Å². The fourth-order valence-corrected chi connectivity index (χ4v) is 4.89. The number of hydrogen-bond acceptors (Lipinski definition) is 3. The first-order chi connectivity index (χ1) is 8.63. The van der Waals surface area contributed by atoms with E-state index in [1.54, 1.807) is 22.7 Å². The highest BCUT2D eigenvalue weighted by Crippen LogP contribution is 2.38. The highest BCUT2D eigenvalue weighted by atomic mass is 79.9. The number of rotatable bonds is 5. The van der Waals surface area contributed by atoms with Crippen molar-refractivity contribution in [2.75, 3.05) is 6.54 Å². The van der Waals surface area contributed by atoms with Crippen LogP contribution in [0.4, 0.5) is 0 Å². The molecule has 0 aromatic carbocycles. The Morgan fingerprint density at radius 1 is 1.33 bits per heavy atom. The zero-order valence-electron chi connectivity index (χ0n) is 10.3. The minimum atomic E-state index is 0.309. The zero-order chi connectivity index (χ0) is 13.1. The van der Waals surface area contributed by atoms with Gasteiger partial charge in [-0.15, -0.1) is 11.3 Å². The molecule has 2 heterocycles. The molecule has 98 valence electrons. The van der Waals surface area contributed by atoms with Crippen molar-refractivity contribution >= 4 is 54.5 Å². The summed E-state index contributed by atoms with van der Waals surface area (Å²) >= 11 is 10.7. The lowest BCUT2D eigenvalue weighted by atomic mass is 10.1. The van der Waals surface area contributed by atoms with E-state index in [4.69, 9.17) is 0 Å². The number of aryl methyl sites for hydroxylation is 1. The summed E-state index contributed by atoms with van der Waals surface area (Å²) < 4.78 is 2.30. The Balaban J connectivity index is 2.33. The molecule has 2 aromatic rings. The van der Waals surface area contributed by atoms with Crippen molar-refractivity contribution in [2.24, 2.45) is 0 Å². The summed E-state index contributed by atoms with van der Waals surface area (Å²) in [6.45, 7) is 5.42. The fraction of sp³-hybridized carbons (Fsp3) is 0.385. The molecular formula is C13H15Br2NS2. The van der Waals surface area contributed by atoms with Crippen LogP contribution in [0.15, 0.2) is 25.1 Å². The quantitative estimate of drug-likeness (QED) is 0.665. The first-order valence-corrected chi connectivity index (χ1v) is 9.18. The lowest BCUT2D eigenvalue weighted by molar-refractivity contribution is 0.605. The van der Waals surface area contributed by atoms with Gasteiger partial charge < -0.3 is 5.32 Å². The molecule has 0 amide bonds. The maximum Gasteiger partial charge on any atom is 0.0843 e. The Morgan fingerprint density at radius 3 is 2.61 bits per heavy atom. The summed E-state index contributed by atoms with van der Waals surface area (Å²) in [6.07, 6.45) is 1.15. The Hall–Kier alpha value is 0.320. The van der Waals surface area contributed by atoms with Crippen LogP contribution in [0.2, 0.25) is 0 Å². The van der Waals surface area contributed by atoms with E-state index in [-0.39, 0.29) is 0 Å². The van der Waals surface area contributed by atoms with E-state index < -0.39 is 0 Å². The molecule has 0 bridgehead atoms. The summed E-state index contributed by atoms with van der Waals surface area (Å²) in [5, 5.41) is 8.11. The Bertz CT molecular complexity index is 499. The lowest BCUT2D eigenvalue weighted by Crippen LogP contribution is -2.22. The third-order valence-electron chi connectivity index (χ3n) is 2.75. The van der Waals surface area contributed by atoms with Crippen LogP contribution < -0.4 is 5.32 Å². The molecule has 0 saturated carbocycles. The van der Waals surface area contributed by atoms with Gasteiger partial charge in [-0.2, -0.15) is 11.3 Å². The second-order valence-corrected chi connectivity index (χ2v) is 8.17. The molecule has 0 aliphatic rings. The monoisotopic (exact) mass is 407 g/mol. The highest BCUT2D eigenvalue weighted by Gasteiger charge is 2.19. The smallest absolute Gasteiger partial charge is 0.0843 e. The van der Waals surface area contributed by atoms with Crippen LogP contribution in [0.25, 0.3) is 0 Å². The summed E-state index contributed by atoms with van der Waals surface area (Å²) in [4.78, 5) is 1.35. The molecule has 0 aliphatic carbocycles. The Labute approximate surface area is 133 Å². The molecule has 0 saturated heterocycles. The van der Waals surface area contributed by atoms with Crippen LogP contribution in [0.5, 0.6) is 0 Å². The zero-order valence-corrected chi connectivity index (χ0v) is 15.1. The van der Waals surface area contributed by atoms with Crippen LogP contribution in [-0.2, 0) is 0 Å².